The van der Waals surface area contributed by atoms with E-state index in [0.29, 0.717) is 5.69 Å². The summed E-state index contributed by atoms with van der Waals surface area (Å²) in [6.07, 6.45) is 0.856. The number of aliphatic hydroxyl groups excluding tert-OH is 1. The van der Waals surface area contributed by atoms with Crippen molar-refractivity contribution < 1.29 is 10.0 Å². The molecule has 0 aromatic carbocycles. The number of nitrogens with zero attached hydrogens (tertiary/aromatic N) is 2. The molecule has 1 aromatic rings. The molecule has 0 saturated heterocycles. The number of pyridine rings is 1. The smallest absolute Gasteiger partial charge is 0.311 e. The van der Waals surface area contributed by atoms with E-state index in [4.69, 9.17) is 0 Å². The van der Waals surface area contributed by atoms with Gasteiger partial charge in [-0.2, -0.15) is 0 Å². The molecule has 1 aromatic heterocycles. The first-order chi connectivity index (χ1) is 8.75. The van der Waals surface area contributed by atoms with E-state index in [-0.39, 0.29) is 23.3 Å². The molecule has 6 nitrogen and oxygen atoms in total. The van der Waals surface area contributed by atoms with Crippen molar-refractivity contribution >= 4 is 11.5 Å². The lowest BCUT2D eigenvalue weighted by atomic mass is 9.91. The molecule has 0 fully saturated rings. The number of nitro groups is 1. The maximum atomic E-state index is 10.9. The van der Waals surface area contributed by atoms with Crippen LogP contribution in [-0.2, 0) is 5.41 Å². The van der Waals surface area contributed by atoms with Crippen LogP contribution >= 0.6 is 0 Å². The standard InChI is InChI=1S/C13H19N3O3/c1-5-6-11(17)15-12-9(16(18)19)7-8-10(14-12)13(2,3)4/h5,7-8,11,17H,1,6H2,2-4H3,(H,14,15). The second-order valence-electron chi connectivity index (χ2n) is 5.26. The summed E-state index contributed by atoms with van der Waals surface area (Å²) in [7, 11) is 0. The third-order valence-corrected chi connectivity index (χ3v) is 2.53. The van der Waals surface area contributed by atoms with Crippen molar-refractivity contribution in [3.05, 3.63) is 40.6 Å². The predicted octanol–water partition coefficient (Wildman–Crippen LogP) is 2.59. The van der Waals surface area contributed by atoms with Crippen LogP contribution in [0.1, 0.15) is 32.9 Å². The molecule has 104 valence electrons. The minimum Gasteiger partial charge on any atom is -0.373 e. The van der Waals surface area contributed by atoms with Gasteiger partial charge in [0.1, 0.15) is 6.23 Å². The van der Waals surface area contributed by atoms with E-state index >= 15 is 0 Å². The van der Waals surface area contributed by atoms with Crippen LogP contribution in [0.2, 0.25) is 0 Å². The van der Waals surface area contributed by atoms with Crippen LogP contribution in [0.25, 0.3) is 0 Å². The molecule has 0 aliphatic rings. The van der Waals surface area contributed by atoms with Crippen molar-refractivity contribution in [1.82, 2.24) is 4.98 Å². The van der Waals surface area contributed by atoms with E-state index in [0.717, 1.165) is 0 Å². The van der Waals surface area contributed by atoms with Gasteiger partial charge >= 0.3 is 5.69 Å². The van der Waals surface area contributed by atoms with E-state index in [1.165, 1.54) is 12.1 Å². The molecule has 1 rings (SSSR count). The summed E-state index contributed by atoms with van der Waals surface area (Å²) in [6.45, 7) is 9.39. The zero-order chi connectivity index (χ0) is 14.6. The summed E-state index contributed by atoms with van der Waals surface area (Å²) in [5, 5.41) is 23.2. The molecule has 2 N–H and O–H groups in total. The molecule has 0 aliphatic carbocycles. The quantitative estimate of drug-likeness (QED) is 0.370. The van der Waals surface area contributed by atoms with E-state index in [1.54, 1.807) is 6.07 Å². The summed E-state index contributed by atoms with van der Waals surface area (Å²) in [5.41, 5.74) is 0.331. The highest BCUT2D eigenvalue weighted by Crippen LogP contribution is 2.28. The van der Waals surface area contributed by atoms with Crippen molar-refractivity contribution in [3.8, 4) is 0 Å². The van der Waals surface area contributed by atoms with Gasteiger partial charge in [0.2, 0.25) is 5.82 Å². The molecular weight excluding hydrogens is 246 g/mol. The fraction of sp³-hybridized carbons (Fsp3) is 0.462. The maximum absolute atomic E-state index is 10.9. The predicted molar refractivity (Wildman–Crippen MR) is 74.0 cm³/mol. The van der Waals surface area contributed by atoms with Gasteiger partial charge in [0.05, 0.1) is 4.92 Å². The number of aliphatic hydroxyl groups is 1. The summed E-state index contributed by atoms with van der Waals surface area (Å²) < 4.78 is 0. The van der Waals surface area contributed by atoms with Crippen LogP contribution in [0.3, 0.4) is 0 Å². The molecule has 0 amide bonds. The molecule has 1 unspecified atom stereocenters. The molecule has 0 spiro atoms. The summed E-state index contributed by atoms with van der Waals surface area (Å²) in [5.74, 6) is 0.0757. The van der Waals surface area contributed by atoms with Gasteiger partial charge in [-0.3, -0.25) is 10.1 Å². The zero-order valence-corrected chi connectivity index (χ0v) is 11.4. The molecule has 1 heterocycles. The highest BCUT2D eigenvalue weighted by molar-refractivity contribution is 5.56. The minimum atomic E-state index is -0.945. The summed E-state index contributed by atoms with van der Waals surface area (Å²) in [6, 6.07) is 3.03. The Hall–Kier alpha value is -1.95. The van der Waals surface area contributed by atoms with Crippen LogP contribution in [-0.4, -0.2) is 21.2 Å². The van der Waals surface area contributed by atoms with Crippen molar-refractivity contribution in [2.24, 2.45) is 0 Å². The highest BCUT2D eigenvalue weighted by atomic mass is 16.6. The molecule has 19 heavy (non-hydrogen) atoms. The molecular formula is C13H19N3O3. The Kier molecular flexibility index (Phi) is 4.61. The Labute approximate surface area is 112 Å². The fourth-order valence-corrected chi connectivity index (χ4v) is 1.50. The minimum absolute atomic E-state index is 0.0757. The lowest BCUT2D eigenvalue weighted by Gasteiger charge is -2.19. The van der Waals surface area contributed by atoms with Gasteiger partial charge < -0.3 is 10.4 Å². The van der Waals surface area contributed by atoms with E-state index in [1.807, 2.05) is 20.8 Å². The normalized spacial score (nSPS) is 12.8. The molecule has 1 atom stereocenters. The summed E-state index contributed by atoms with van der Waals surface area (Å²) >= 11 is 0. The molecule has 6 heteroatoms. The zero-order valence-electron chi connectivity index (χ0n) is 11.4. The lowest BCUT2D eigenvalue weighted by molar-refractivity contribution is -0.384. The van der Waals surface area contributed by atoms with Crippen LogP contribution in [0.15, 0.2) is 24.8 Å². The highest BCUT2D eigenvalue weighted by Gasteiger charge is 2.22. The number of aromatic nitrogens is 1. The second kappa shape index (κ2) is 5.79. The van der Waals surface area contributed by atoms with Gasteiger partial charge in [0, 0.05) is 23.6 Å². The average Bonchev–Trinajstić information content (AvgIpc) is 2.27. The maximum Gasteiger partial charge on any atom is 0.311 e. The second-order valence-corrected chi connectivity index (χ2v) is 5.26. The van der Waals surface area contributed by atoms with Gasteiger partial charge in [-0.25, -0.2) is 4.98 Å². The van der Waals surface area contributed by atoms with Crippen LogP contribution in [0, 0.1) is 10.1 Å². The average molecular weight is 265 g/mol. The first-order valence-corrected chi connectivity index (χ1v) is 5.97. The summed E-state index contributed by atoms with van der Waals surface area (Å²) in [4.78, 5) is 14.7. The van der Waals surface area contributed by atoms with Crippen LogP contribution in [0.4, 0.5) is 11.5 Å². The van der Waals surface area contributed by atoms with Crippen molar-refractivity contribution in [3.63, 3.8) is 0 Å². The van der Waals surface area contributed by atoms with Gasteiger partial charge in [-0.05, 0) is 6.07 Å². The van der Waals surface area contributed by atoms with E-state index in [9.17, 15) is 15.2 Å². The monoisotopic (exact) mass is 265 g/mol. The Bertz CT molecular complexity index is 481. The molecule has 0 bridgehead atoms. The third-order valence-electron chi connectivity index (χ3n) is 2.53. The number of hydrogen-bond donors (Lipinski definition) is 2. The van der Waals surface area contributed by atoms with Crippen molar-refractivity contribution in [1.29, 1.82) is 0 Å². The topological polar surface area (TPSA) is 88.3 Å². The van der Waals surface area contributed by atoms with Gasteiger partial charge in [-0.15, -0.1) is 6.58 Å². The van der Waals surface area contributed by atoms with Gasteiger partial charge in [-0.1, -0.05) is 26.8 Å². The number of nitrogens with one attached hydrogen (secondary N) is 1. The number of hydrogen-bond acceptors (Lipinski definition) is 5. The van der Waals surface area contributed by atoms with Gasteiger partial charge in [0.25, 0.3) is 0 Å². The SMILES string of the molecule is C=CCC(O)Nc1nc(C(C)(C)C)ccc1[N+](=O)[O-]. The van der Waals surface area contributed by atoms with E-state index < -0.39 is 11.2 Å². The van der Waals surface area contributed by atoms with Crippen molar-refractivity contribution in [2.45, 2.75) is 38.8 Å². The van der Waals surface area contributed by atoms with Crippen LogP contribution < -0.4 is 5.32 Å². The lowest BCUT2D eigenvalue weighted by Crippen LogP contribution is -2.21. The first kappa shape index (κ1) is 15.1. The van der Waals surface area contributed by atoms with Crippen molar-refractivity contribution in [2.75, 3.05) is 5.32 Å². The first-order valence-electron chi connectivity index (χ1n) is 5.97. The Balaban J connectivity index is 3.16. The molecule has 0 aliphatic heterocycles. The third kappa shape index (κ3) is 4.03. The Morgan fingerprint density at radius 3 is 2.68 bits per heavy atom. The fourth-order valence-electron chi connectivity index (χ4n) is 1.50. The largest absolute Gasteiger partial charge is 0.373 e. The van der Waals surface area contributed by atoms with Crippen LogP contribution in [0.5, 0.6) is 0 Å². The number of rotatable bonds is 5. The van der Waals surface area contributed by atoms with E-state index in [2.05, 4.69) is 16.9 Å². The number of anilines is 1. The molecule has 0 radical (unpaired) electrons. The Morgan fingerprint density at radius 1 is 1.58 bits per heavy atom. The Morgan fingerprint density at radius 2 is 2.21 bits per heavy atom. The molecule has 0 saturated carbocycles. The van der Waals surface area contributed by atoms with Gasteiger partial charge in [0.15, 0.2) is 0 Å².